The molecular weight excluding hydrogens is 393 g/mol. The van der Waals surface area contributed by atoms with Gasteiger partial charge >= 0.3 is 0 Å². The molecule has 0 heterocycles. The van der Waals surface area contributed by atoms with Crippen LogP contribution in [0.3, 0.4) is 0 Å². The Morgan fingerprint density at radius 3 is 2.41 bits per heavy atom. The van der Waals surface area contributed by atoms with E-state index in [2.05, 4.69) is 21.2 Å². The molecule has 0 radical (unpaired) electrons. The number of hydrogen-bond acceptors (Lipinski definition) is 3. The van der Waals surface area contributed by atoms with Gasteiger partial charge in [0.25, 0.3) is 5.91 Å². The molecule has 1 N–H and O–H groups in total. The monoisotopic (exact) mass is 403 g/mol. The van der Waals surface area contributed by atoms with Gasteiger partial charge in [-0.25, -0.2) is 0 Å². The van der Waals surface area contributed by atoms with E-state index in [4.69, 9.17) is 32.7 Å². The highest BCUT2D eigenvalue weighted by Gasteiger charge is 2.10. The van der Waals surface area contributed by atoms with E-state index in [9.17, 15) is 4.79 Å². The summed E-state index contributed by atoms with van der Waals surface area (Å²) in [5, 5.41) is 3.76. The fourth-order valence-electron chi connectivity index (χ4n) is 1.70. The normalized spacial score (nSPS) is 10.2. The first kappa shape index (κ1) is 16.9. The maximum atomic E-state index is 12.0. The number of hydrogen-bond donors (Lipinski definition) is 1. The third kappa shape index (κ3) is 4.53. The average molecular weight is 405 g/mol. The molecule has 2 aromatic carbocycles. The van der Waals surface area contributed by atoms with Crippen LogP contribution < -0.4 is 14.8 Å². The molecule has 0 unspecified atom stereocenters. The summed E-state index contributed by atoms with van der Waals surface area (Å²) in [6, 6.07) is 10.0. The van der Waals surface area contributed by atoms with Crippen molar-refractivity contribution in [2.75, 3.05) is 19.0 Å². The summed E-state index contributed by atoms with van der Waals surface area (Å²) in [6.07, 6.45) is 0. The zero-order valence-corrected chi connectivity index (χ0v) is 14.6. The van der Waals surface area contributed by atoms with Gasteiger partial charge < -0.3 is 14.8 Å². The number of methoxy groups -OCH3 is 1. The van der Waals surface area contributed by atoms with Gasteiger partial charge in [-0.2, -0.15) is 0 Å². The lowest BCUT2D eigenvalue weighted by atomic mass is 10.3. The van der Waals surface area contributed by atoms with Crippen molar-refractivity contribution in [3.63, 3.8) is 0 Å². The number of ether oxygens (including phenoxy) is 2. The zero-order valence-electron chi connectivity index (χ0n) is 11.5. The van der Waals surface area contributed by atoms with Crippen LogP contribution >= 0.6 is 39.1 Å². The molecule has 116 valence electrons. The van der Waals surface area contributed by atoms with E-state index >= 15 is 0 Å². The Labute approximate surface area is 146 Å². The fraction of sp³-hybridized carbons (Fsp3) is 0.133. The molecule has 4 nitrogen and oxygen atoms in total. The highest BCUT2D eigenvalue weighted by Crippen LogP contribution is 2.29. The SMILES string of the molecule is COc1ccc(Cl)cc1NC(=O)COc1ccc(Cl)cc1Br. The minimum atomic E-state index is -0.331. The smallest absolute Gasteiger partial charge is 0.262 e. The van der Waals surface area contributed by atoms with Crippen LogP contribution in [0, 0.1) is 0 Å². The first-order valence-corrected chi connectivity index (χ1v) is 7.75. The van der Waals surface area contributed by atoms with E-state index < -0.39 is 0 Å². The zero-order chi connectivity index (χ0) is 16.1. The summed E-state index contributed by atoms with van der Waals surface area (Å²) in [5.74, 6) is 0.713. The number of carbonyl (C=O) groups is 1. The van der Waals surface area contributed by atoms with Crippen molar-refractivity contribution in [1.29, 1.82) is 0 Å². The van der Waals surface area contributed by atoms with Crippen molar-refractivity contribution < 1.29 is 14.3 Å². The van der Waals surface area contributed by atoms with Crippen LogP contribution in [0.15, 0.2) is 40.9 Å². The molecular formula is C15H12BrCl2NO3. The van der Waals surface area contributed by atoms with Crippen molar-refractivity contribution in [3.05, 3.63) is 50.9 Å². The number of nitrogens with one attached hydrogen (secondary N) is 1. The van der Waals surface area contributed by atoms with Crippen LogP contribution in [0.1, 0.15) is 0 Å². The van der Waals surface area contributed by atoms with Gasteiger partial charge in [-0.3, -0.25) is 4.79 Å². The summed E-state index contributed by atoms with van der Waals surface area (Å²) in [4.78, 5) is 12.0. The minimum Gasteiger partial charge on any atom is -0.495 e. The van der Waals surface area contributed by atoms with E-state index in [1.54, 1.807) is 36.4 Å². The molecule has 2 rings (SSSR count). The lowest BCUT2D eigenvalue weighted by molar-refractivity contribution is -0.118. The molecule has 0 aliphatic rings. The van der Waals surface area contributed by atoms with Crippen LogP contribution in [0.2, 0.25) is 10.0 Å². The van der Waals surface area contributed by atoms with Crippen LogP contribution in [0.25, 0.3) is 0 Å². The summed E-state index contributed by atoms with van der Waals surface area (Å²) < 4.78 is 11.3. The predicted octanol–water partition coefficient (Wildman–Crippen LogP) is 4.78. The molecule has 1 amide bonds. The first-order valence-electron chi connectivity index (χ1n) is 6.21. The molecule has 0 saturated carbocycles. The number of rotatable bonds is 5. The Morgan fingerprint density at radius 1 is 1.14 bits per heavy atom. The Balaban J connectivity index is 2.00. The molecule has 7 heteroatoms. The van der Waals surface area contributed by atoms with E-state index in [1.165, 1.54) is 7.11 Å². The largest absolute Gasteiger partial charge is 0.495 e. The number of anilines is 1. The predicted molar refractivity (Wildman–Crippen MR) is 91.3 cm³/mol. The first-order chi connectivity index (χ1) is 10.5. The van der Waals surface area contributed by atoms with Crippen molar-refractivity contribution in [3.8, 4) is 11.5 Å². The number of amides is 1. The summed E-state index contributed by atoms with van der Waals surface area (Å²) in [5.41, 5.74) is 0.485. The molecule has 0 aromatic heterocycles. The van der Waals surface area contributed by atoms with Crippen molar-refractivity contribution in [1.82, 2.24) is 0 Å². The third-order valence-corrected chi connectivity index (χ3v) is 3.78. The van der Waals surface area contributed by atoms with E-state index in [1.807, 2.05) is 0 Å². The Bertz CT molecular complexity index is 694. The molecule has 0 saturated heterocycles. The quantitative estimate of drug-likeness (QED) is 0.779. The van der Waals surface area contributed by atoms with Gasteiger partial charge in [-0.15, -0.1) is 0 Å². The number of carbonyl (C=O) groups excluding carboxylic acids is 1. The van der Waals surface area contributed by atoms with Crippen LogP contribution in [-0.4, -0.2) is 19.6 Å². The molecule has 0 bridgehead atoms. The molecule has 2 aromatic rings. The minimum absolute atomic E-state index is 0.157. The van der Waals surface area contributed by atoms with Crippen molar-refractivity contribution in [2.24, 2.45) is 0 Å². The van der Waals surface area contributed by atoms with Gasteiger partial charge in [-0.05, 0) is 52.3 Å². The molecule has 0 fully saturated rings. The highest BCUT2D eigenvalue weighted by molar-refractivity contribution is 9.10. The van der Waals surface area contributed by atoms with E-state index in [-0.39, 0.29) is 12.5 Å². The van der Waals surface area contributed by atoms with Crippen molar-refractivity contribution >= 4 is 50.7 Å². The van der Waals surface area contributed by atoms with Crippen molar-refractivity contribution in [2.45, 2.75) is 0 Å². The number of halogens is 3. The van der Waals surface area contributed by atoms with Gasteiger partial charge in [0.15, 0.2) is 6.61 Å². The molecule has 0 aliphatic heterocycles. The van der Waals surface area contributed by atoms with Gasteiger partial charge in [0.1, 0.15) is 11.5 Å². The highest BCUT2D eigenvalue weighted by atomic mass is 79.9. The second-order valence-corrected chi connectivity index (χ2v) is 5.98. The fourth-order valence-corrected chi connectivity index (χ4v) is 2.67. The van der Waals surface area contributed by atoms with Gasteiger partial charge in [0, 0.05) is 10.0 Å². The van der Waals surface area contributed by atoms with E-state index in [0.717, 1.165) is 0 Å². The van der Waals surface area contributed by atoms with Gasteiger partial charge in [-0.1, -0.05) is 23.2 Å². The van der Waals surface area contributed by atoms with Crippen LogP contribution in [-0.2, 0) is 4.79 Å². The van der Waals surface area contributed by atoms with Crippen LogP contribution in [0.5, 0.6) is 11.5 Å². The maximum Gasteiger partial charge on any atom is 0.262 e. The Kier molecular flexibility index (Phi) is 5.94. The summed E-state index contributed by atoms with van der Waals surface area (Å²) >= 11 is 15.1. The van der Waals surface area contributed by atoms with E-state index in [0.29, 0.717) is 31.7 Å². The Hall–Kier alpha value is -1.43. The summed E-state index contributed by atoms with van der Waals surface area (Å²) in [7, 11) is 1.51. The molecule has 0 aliphatic carbocycles. The van der Waals surface area contributed by atoms with Gasteiger partial charge in [0.05, 0.1) is 17.3 Å². The third-order valence-electron chi connectivity index (χ3n) is 2.69. The second kappa shape index (κ2) is 7.72. The lowest BCUT2D eigenvalue weighted by Crippen LogP contribution is -2.20. The maximum absolute atomic E-state index is 12.0. The molecule has 0 spiro atoms. The average Bonchev–Trinajstić information content (AvgIpc) is 2.46. The standard InChI is InChI=1S/C15H12BrCl2NO3/c1-21-14-5-3-10(18)7-12(14)19-15(20)8-22-13-4-2-9(17)6-11(13)16/h2-7H,8H2,1H3,(H,19,20). The topological polar surface area (TPSA) is 47.6 Å². The Morgan fingerprint density at radius 2 is 1.77 bits per heavy atom. The second-order valence-electron chi connectivity index (χ2n) is 4.26. The van der Waals surface area contributed by atoms with Crippen LogP contribution in [0.4, 0.5) is 5.69 Å². The van der Waals surface area contributed by atoms with Gasteiger partial charge in [0.2, 0.25) is 0 Å². The summed E-state index contributed by atoms with van der Waals surface area (Å²) in [6.45, 7) is -0.157. The lowest BCUT2D eigenvalue weighted by Gasteiger charge is -2.12. The number of benzene rings is 2. The molecule has 22 heavy (non-hydrogen) atoms. The molecule has 0 atom stereocenters.